The van der Waals surface area contributed by atoms with Gasteiger partial charge in [-0.3, -0.25) is 0 Å². The lowest BCUT2D eigenvalue weighted by Crippen LogP contribution is -2.43. The molecular weight excluding hydrogens is 306 g/mol. The summed E-state index contributed by atoms with van der Waals surface area (Å²) in [6, 6.07) is 2.58. The molecule has 1 fully saturated rings. The normalized spacial score (nSPS) is 21.2. The quantitative estimate of drug-likeness (QED) is 0.766. The highest BCUT2D eigenvalue weighted by atomic mass is 16.6. The van der Waals surface area contributed by atoms with E-state index in [2.05, 4.69) is 25.9 Å². The number of hydrogen-bond donors (Lipinski definition) is 3. The van der Waals surface area contributed by atoms with Crippen molar-refractivity contribution in [1.29, 1.82) is 0 Å². The van der Waals surface area contributed by atoms with Crippen LogP contribution < -0.4 is 16.0 Å². The highest BCUT2D eigenvalue weighted by Crippen LogP contribution is 2.19. The van der Waals surface area contributed by atoms with E-state index in [0.717, 1.165) is 37.9 Å². The minimum atomic E-state index is -0.452. The molecule has 7 heteroatoms. The fourth-order valence-corrected chi connectivity index (χ4v) is 2.78. The van der Waals surface area contributed by atoms with Crippen LogP contribution in [0.2, 0.25) is 0 Å². The van der Waals surface area contributed by atoms with Gasteiger partial charge in [0.2, 0.25) is 5.95 Å². The molecule has 3 N–H and O–H groups in total. The summed E-state index contributed by atoms with van der Waals surface area (Å²) in [5, 5.41) is 9.45. The topological polar surface area (TPSA) is 88.2 Å². The summed E-state index contributed by atoms with van der Waals surface area (Å²) in [5.41, 5.74) is 0.524. The van der Waals surface area contributed by atoms with Gasteiger partial charge in [0.05, 0.1) is 5.69 Å². The van der Waals surface area contributed by atoms with E-state index >= 15 is 0 Å². The second kappa shape index (κ2) is 8.28. The molecule has 1 aromatic rings. The van der Waals surface area contributed by atoms with Crippen LogP contribution in [0.4, 0.5) is 10.7 Å². The van der Waals surface area contributed by atoms with Crippen LogP contribution in [-0.2, 0) is 11.3 Å². The monoisotopic (exact) mass is 335 g/mol. The van der Waals surface area contributed by atoms with E-state index in [4.69, 9.17) is 4.74 Å². The minimum Gasteiger partial charge on any atom is -0.444 e. The average Bonchev–Trinajstić information content (AvgIpc) is 2.52. The Kier molecular flexibility index (Phi) is 6.36. The van der Waals surface area contributed by atoms with Gasteiger partial charge < -0.3 is 20.7 Å². The molecule has 0 saturated heterocycles. The van der Waals surface area contributed by atoms with E-state index in [-0.39, 0.29) is 12.1 Å². The van der Waals surface area contributed by atoms with Crippen molar-refractivity contribution < 1.29 is 9.53 Å². The zero-order chi connectivity index (χ0) is 17.6. The molecule has 1 aliphatic carbocycles. The summed E-state index contributed by atoms with van der Waals surface area (Å²) in [6.07, 6.45) is 5.43. The predicted molar refractivity (Wildman–Crippen MR) is 93.8 cm³/mol. The number of anilines is 1. The number of nitrogens with zero attached hydrogens (tertiary/aromatic N) is 2. The minimum absolute atomic E-state index is 0.202. The lowest BCUT2D eigenvalue weighted by Gasteiger charge is -2.30. The summed E-state index contributed by atoms with van der Waals surface area (Å²) in [6.45, 7) is 6.35. The predicted octanol–water partition coefficient (Wildman–Crippen LogP) is 2.44. The fourth-order valence-electron chi connectivity index (χ4n) is 2.78. The van der Waals surface area contributed by atoms with Gasteiger partial charge in [-0.2, -0.15) is 0 Å². The number of ether oxygens (including phenoxy) is 1. The van der Waals surface area contributed by atoms with Crippen molar-refractivity contribution in [2.24, 2.45) is 0 Å². The lowest BCUT2D eigenvalue weighted by molar-refractivity contribution is 0.0489. The summed E-state index contributed by atoms with van der Waals surface area (Å²) < 4.78 is 5.31. The molecule has 1 amide bonds. The van der Waals surface area contributed by atoms with Gasteiger partial charge in [0, 0.05) is 31.9 Å². The van der Waals surface area contributed by atoms with Crippen LogP contribution in [0.25, 0.3) is 0 Å². The SMILES string of the molecule is CNc1nccc(CNC2CCC(NC(=O)OC(C)(C)C)CC2)n1. The Labute approximate surface area is 144 Å². The fraction of sp³-hybridized carbons (Fsp3) is 0.706. The molecule has 24 heavy (non-hydrogen) atoms. The number of carbonyl (C=O) groups excluding carboxylic acids is 1. The van der Waals surface area contributed by atoms with E-state index in [1.807, 2.05) is 33.9 Å². The molecule has 0 bridgehead atoms. The van der Waals surface area contributed by atoms with Crippen LogP contribution >= 0.6 is 0 Å². The van der Waals surface area contributed by atoms with Gasteiger partial charge in [-0.1, -0.05) is 0 Å². The maximum atomic E-state index is 11.8. The molecule has 1 aliphatic rings. The van der Waals surface area contributed by atoms with Crippen molar-refractivity contribution in [3.8, 4) is 0 Å². The first-order valence-corrected chi connectivity index (χ1v) is 8.58. The molecular formula is C17H29N5O2. The van der Waals surface area contributed by atoms with Crippen LogP contribution in [0.1, 0.15) is 52.1 Å². The van der Waals surface area contributed by atoms with Gasteiger partial charge in [-0.15, -0.1) is 0 Å². The Bertz CT molecular complexity index is 536. The zero-order valence-corrected chi connectivity index (χ0v) is 15.1. The summed E-state index contributed by atoms with van der Waals surface area (Å²) >= 11 is 0. The number of carbonyl (C=O) groups is 1. The molecule has 1 aromatic heterocycles. The van der Waals surface area contributed by atoms with E-state index in [1.165, 1.54) is 0 Å². The van der Waals surface area contributed by atoms with E-state index < -0.39 is 5.60 Å². The van der Waals surface area contributed by atoms with Gasteiger partial charge in [0.15, 0.2) is 0 Å². The highest BCUT2D eigenvalue weighted by Gasteiger charge is 2.24. The molecule has 1 heterocycles. The van der Waals surface area contributed by atoms with Crippen molar-refractivity contribution in [2.75, 3.05) is 12.4 Å². The first kappa shape index (κ1) is 18.4. The number of aromatic nitrogens is 2. The number of amides is 1. The van der Waals surface area contributed by atoms with Crippen molar-refractivity contribution in [2.45, 2.75) is 70.7 Å². The molecule has 0 radical (unpaired) electrons. The Morgan fingerprint density at radius 2 is 1.92 bits per heavy atom. The number of nitrogens with one attached hydrogen (secondary N) is 3. The van der Waals surface area contributed by atoms with Gasteiger partial charge >= 0.3 is 6.09 Å². The van der Waals surface area contributed by atoms with Gasteiger partial charge in [-0.05, 0) is 52.5 Å². The van der Waals surface area contributed by atoms with Crippen molar-refractivity contribution in [3.05, 3.63) is 18.0 Å². The Hall–Kier alpha value is -1.89. The summed E-state index contributed by atoms with van der Waals surface area (Å²) in [5.74, 6) is 0.638. The lowest BCUT2D eigenvalue weighted by atomic mass is 9.91. The third kappa shape index (κ3) is 6.31. The second-order valence-electron chi connectivity index (χ2n) is 7.20. The van der Waals surface area contributed by atoms with Crippen LogP contribution in [0.15, 0.2) is 12.3 Å². The molecule has 2 rings (SSSR count). The third-order valence-electron chi connectivity index (χ3n) is 3.96. The van der Waals surface area contributed by atoms with Crippen molar-refractivity contribution in [3.63, 3.8) is 0 Å². The largest absolute Gasteiger partial charge is 0.444 e. The van der Waals surface area contributed by atoms with Crippen LogP contribution in [-0.4, -0.2) is 40.8 Å². The standard InChI is InChI=1S/C17H29N5O2/c1-17(2,3)24-16(23)22-13-7-5-12(6-8-13)20-11-14-9-10-19-15(18-4)21-14/h9-10,12-13,20H,5-8,11H2,1-4H3,(H,22,23)(H,18,19,21). The number of hydrogen-bond acceptors (Lipinski definition) is 6. The van der Waals surface area contributed by atoms with E-state index in [0.29, 0.717) is 12.0 Å². The maximum Gasteiger partial charge on any atom is 0.407 e. The molecule has 0 aliphatic heterocycles. The third-order valence-corrected chi connectivity index (χ3v) is 3.96. The summed E-state index contributed by atoms with van der Waals surface area (Å²) in [7, 11) is 1.81. The number of alkyl carbamates (subject to hydrolysis) is 1. The average molecular weight is 335 g/mol. The van der Waals surface area contributed by atoms with Crippen LogP contribution in [0.3, 0.4) is 0 Å². The summed E-state index contributed by atoms with van der Waals surface area (Å²) in [4.78, 5) is 20.3. The van der Waals surface area contributed by atoms with Crippen LogP contribution in [0, 0.1) is 0 Å². The Morgan fingerprint density at radius 3 is 2.54 bits per heavy atom. The Morgan fingerprint density at radius 1 is 1.25 bits per heavy atom. The number of rotatable bonds is 5. The zero-order valence-electron chi connectivity index (χ0n) is 15.1. The smallest absolute Gasteiger partial charge is 0.407 e. The second-order valence-corrected chi connectivity index (χ2v) is 7.20. The maximum absolute atomic E-state index is 11.8. The molecule has 0 unspecified atom stereocenters. The molecule has 7 nitrogen and oxygen atoms in total. The van der Waals surface area contributed by atoms with Crippen molar-refractivity contribution in [1.82, 2.24) is 20.6 Å². The van der Waals surface area contributed by atoms with Crippen molar-refractivity contribution >= 4 is 12.0 Å². The Balaban J connectivity index is 1.70. The molecule has 0 aromatic carbocycles. The van der Waals surface area contributed by atoms with Crippen LogP contribution in [0.5, 0.6) is 0 Å². The first-order valence-electron chi connectivity index (χ1n) is 8.58. The first-order chi connectivity index (χ1) is 11.4. The van der Waals surface area contributed by atoms with E-state index in [1.54, 1.807) is 6.20 Å². The molecule has 1 saturated carbocycles. The molecule has 0 spiro atoms. The van der Waals surface area contributed by atoms with E-state index in [9.17, 15) is 4.79 Å². The van der Waals surface area contributed by atoms with Gasteiger partial charge in [0.25, 0.3) is 0 Å². The highest BCUT2D eigenvalue weighted by molar-refractivity contribution is 5.68. The molecule has 134 valence electrons. The van der Waals surface area contributed by atoms with Gasteiger partial charge in [-0.25, -0.2) is 14.8 Å². The van der Waals surface area contributed by atoms with Gasteiger partial charge in [0.1, 0.15) is 5.60 Å². The molecule has 0 atom stereocenters.